The van der Waals surface area contributed by atoms with Crippen LogP contribution in [0, 0.1) is 11.6 Å². The minimum absolute atomic E-state index is 0.0202. The van der Waals surface area contributed by atoms with Gasteiger partial charge in [0.05, 0.1) is 19.3 Å². The summed E-state index contributed by atoms with van der Waals surface area (Å²) in [4.78, 5) is 0. The molecule has 0 saturated carbocycles. The molecule has 2 N–H and O–H groups in total. The van der Waals surface area contributed by atoms with E-state index in [9.17, 15) is 13.9 Å². The fraction of sp³-hybridized carbons (Fsp3) is 0.538. The van der Waals surface area contributed by atoms with Crippen molar-refractivity contribution in [3.8, 4) is 0 Å². The number of ether oxygens (including phenoxy) is 1. The zero-order valence-corrected chi connectivity index (χ0v) is 10.2. The maximum Gasteiger partial charge on any atom is 0.131 e. The summed E-state index contributed by atoms with van der Waals surface area (Å²) >= 11 is 0. The Hall–Kier alpha value is -1.04. The summed E-state index contributed by atoms with van der Waals surface area (Å²) in [7, 11) is 0. The third-order valence-electron chi connectivity index (χ3n) is 3.04. The number of benzene rings is 1. The second kappa shape index (κ2) is 5.73. The van der Waals surface area contributed by atoms with E-state index in [0.717, 1.165) is 12.1 Å². The van der Waals surface area contributed by atoms with Gasteiger partial charge in [0.15, 0.2) is 0 Å². The van der Waals surface area contributed by atoms with Crippen molar-refractivity contribution in [3.05, 3.63) is 35.4 Å². The molecule has 18 heavy (non-hydrogen) atoms. The van der Waals surface area contributed by atoms with Crippen LogP contribution in [0.25, 0.3) is 0 Å². The highest BCUT2D eigenvalue weighted by Crippen LogP contribution is 2.23. The highest BCUT2D eigenvalue weighted by molar-refractivity contribution is 5.21. The van der Waals surface area contributed by atoms with Crippen LogP contribution in [0.1, 0.15) is 25.0 Å². The summed E-state index contributed by atoms with van der Waals surface area (Å²) in [5.74, 6) is -1.36. The summed E-state index contributed by atoms with van der Waals surface area (Å²) in [6.45, 7) is 3.11. The number of aliphatic hydroxyl groups is 1. The standard InChI is InChI=1S/C13H17F2NO2/c1-8-6-18-7-10(16-8)5-13(17)11-3-2-9(14)4-12(11)15/h2-4,8,10,13,16-17H,5-7H2,1H3. The van der Waals surface area contributed by atoms with E-state index in [1.165, 1.54) is 6.07 Å². The third-order valence-corrected chi connectivity index (χ3v) is 3.04. The fourth-order valence-electron chi connectivity index (χ4n) is 2.19. The molecule has 1 aliphatic heterocycles. The molecule has 1 aromatic rings. The number of morpholine rings is 1. The molecule has 5 heteroatoms. The van der Waals surface area contributed by atoms with E-state index in [0.29, 0.717) is 19.6 Å². The van der Waals surface area contributed by atoms with Gasteiger partial charge in [-0.25, -0.2) is 8.78 Å². The van der Waals surface area contributed by atoms with Crippen molar-refractivity contribution >= 4 is 0 Å². The van der Waals surface area contributed by atoms with Crippen LogP contribution in [-0.2, 0) is 4.74 Å². The molecule has 0 radical (unpaired) electrons. The van der Waals surface area contributed by atoms with E-state index in [2.05, 4.69) is 5.32 Å². The van der Waals surface area contributed by atoms with E-state index in [1.54, 1.807) is 0 Å². The summed E-state index contributed by atoms with van der Waals surface area (Å²) in [6.07, 6.45) is -0.621. The Morgan fingerprint density at radius 1 is 1.44 bits per heavy atom. The van der Waals surface area contributed by atoms with Crippen LogP contribution in [0.4, 0.5) is 8.78 Å². The van der Waals surface area contributed by atoms with Crippen LogP contribution in [-0.4, -0.2) is 30.4 Å². The maximum atomic E-state index is 13.5. The van der Waals surface area contributed by atoms with Crippen LogP contribution >= 0.6 is 0 Å². The molecule has 0 aliphatic carbocycles. The lowest BCUT2D eigenvalue weighted by atomic mass is 10.0. The Morgan fingerprint density at radius 3 is 2.89 bits per heavy atom. The topological polar surface area (TPSA) is 41.5 Å². The Balaban J connectivity index is 2.00. The first-order chi connectivity index (χ1) is 8.56. The van der Waals surface area contributed by atoms with E-state index >= 15 is 0 Å². The van der Waals surface area contributed by atoms with Crippen LogP contribution in [0.2, 0.25) is 0 Å². The molecule has 3 unspecified atom stereocenters. The number of halogens is 2. The van der Waals surface area contributed by atoms with Crippen LogP contribution in [0.15, 0.2) is 18.2 Å². The Kier molecular flexibility index (Phi) is 4.27. The molecular formula is C13H17F2NO2. The van der Waals surface area contributed by atoms with Crippen molar-refractivity contribution in [1.29, 1.82) is 0 Å². The molecule has 3 atom stereocenters. The molecular weight excluding hydrogens is 240 g/mol. The highest BCUT2D eigenvalue weighted by atomic mass is 19.1. The van der Waals surface area contributed by atoms with E-state index in [1.807, 2.05) is 6.92 Å². The predicted octanol–water partition coefficient (Wildman–Crippen LogP) is 1.77. The summed E-state index contributed by atoms with van der Waals surface area (Å²) in [5, 5.41) is 13.2. The molecule has 1 saturated heterocycles. The van der Waals surface area contributed by atoms with Gasteiger partial charge in [0.1, 0.15) is 11.6 Å². The molecule has 1 fully saturated rings. The SMILES string of the molecule is CC1COCC(CC(O)c2ccc(F)cc2F)N1. The van der Waals surface area contributed by atoms with Crippen molar-refractivity contribution < 1.29 is 18.6 Å². The Bertz CT molecular complexity index is 414. The van der Waals surface area contributed by atoms with Gasteiger partial charge in [0.25, 0.3) is 0 Å². The largest absolute Gasteiger partial charge is 0.388 e. The van der Waals surface area contributed by atoms with E-state index in [4.69, 9.17) is 4.74 Å². The van der Waals surface area contributed by atoms with Gasteiger partial charge < -0.3 is 15.2 Å². The Morgan fingerprint density at radius 2 is 2.22 bits per heavy atom. The number of nitrogens with one attached hydrogen (secondary N) is 1. The first-order valence-electron chi connectivity index (χ1n) is 6.03. The summed E-state index contributed by atoms with van der Waals surface area (Å²) in [6, 6.07) is 3.41. The average Bonchev–Trinajstić information content (AvgIpc) is 2.28. The minimum Gasteiger partial charge on any atom is -0.388 e. The molecule has 3 nitrogen and oxygen atoms in total. The lowest BCUT2D eigenvalue weighted by Gasteiger charge is -2.30. The van der Waals surface area contributed by atoms with Crippen molar-refractivity contribution in [3.63, 3.8) is 0 Å². The number of aliphatic hydroxyl groups excluding tert-OH is 1. The second-order valence-electron chi connectivity index (χ2n) is 4.72. The predicted molar refractivity (Wildman–Crippen MR) is 63.1 cm³/mol. The quantitative estimate of drug-likeness (QED) is 0.867. The average molecular weight is 257 g/mol. The first kappa shape index (κ1) is 13.4. The van der Waals surface area contributed by atoms with Crippen LogP contribution in [0.3, 0.4) is 0 Å². The molecule has 0 amide bonds. The lowest BCUT2D eigenvalue weighted by Crippen LogP contribution is -2.47. The maximum absolute atomic E-state index is 13.5. The van der Waals surface area contributed by atoms with Gasteiger partial charge in [-0.2, -0.15) is 0 Å². The molecule has 2 rings (SSSR count). The van der Waals surface area contributed by atoms with Gasteiger partial charge in [0.2, 0.25) is 0 Å². The van der Waals surface area contributed by atoms with Crippen molar-refractivity contribution in [1.82, 2.24) is 5.32 Å². The molecule has 100 valence electrons. The van der Waals surface area contributed by atoms with Gasteiger partial charge in [-0.05, 0) is 19.4 Å². The fourth-order valence-corrected chi connectivity index (χ4v) is 2.19. The van der Waals surface area contributed by atoms with E-state index in [-0.39, 0.29) is 17.6 Å². The van der Waals surface area contributed by atoms with Gasteiger partial charge in [-0.1, -0.05) is 6.07 Å². The third kappa shape index (κ3) is 3.25. The zero-order chi connectivity index (χ0) is 13.1. The molecule has 1 aliphatic rings. The number of hydrogen-bond acceptors (Lipinski definition) is 3. The van der Waals surface area contributed by atoms with E-state index < -0.39 is 17.7 Å². The van der Waals surface area contributed by atoms with Gasteiger partial charge in [-0.15, -0.1) is 0 Å². The monoisotopic (exact) mass is 257 g/mol. The summed E-state index contributed by atoms with van der Waals surface area (Å²) < 4.78 is 31.6. The number of hydrogen-bond donors (Lipinski definition) is 2. The van der Waals surface area contributed by atoms with Gasteiger partial charge in [-0.3, -0.25) is 0 Å². The minimum atomic E-state index is -0.961. The molecule has 0 aromatic heterocycles. The summed E-state index contributed by atoms with van der Waals surface area (Å²) in [5.41, 5.74) is 0.122. The molecule has 0 spiro atoms. The molecule has 1 heterocycles. The van der Waals surface area contributed by atoms with Crippen molar-refractivity contribution in [2.24, 2.45) is 0 Å². The smallest absolute Gasteiger partial charge is 0.131 e. The highest BCUT2D eigenvalue weighted by Gasteiger charge is 2.23. The van der Waals surface area contributed by atoms with Crippen molar-refractivity contribution in [2.45, 2.75) is 31.5 Å². The van der Waals surface area contributed by atoms with Crippen molar-refractivity contribution in [2.75, 3.05) is 13.2 Å². The van der Waals surface area contributed by atoms with Gasteiger partial charge >= 0.3 is 0 Å². The molecule has 1 aromatic carbocycles. The second-order valence-corrected chi connectivity index (χ2v) is 4.72. The Labute approximate surface area is 105 Å². The van der Waals surface area contributed by atoms with Gasteiger partial charge in [0, 0.05) is 23.7 Å². The molecule has 0 bridgehead atoms. The number of rotatable bonds is 3. The zero-order valence-electron chi connectivity index (χ0n) is 10.2. The lowest BCUT2D eigenvalue weighted by molar-refractivity contribution is 0.0298. The van der Waals surface area contributed by atoms with Crippen LogP contribution in [0.5, 0.6) is 0 Å². The van der Waals surface area contributed by atoms with Crippen LogP contribution < -0.4 is 5.32 Å². The first-order valence-corrected chi connectivity index (χ1v) is 6.03. The normalized spacial score (nSPS) is 26.0.